The molecule has 0 radical (unpaired) electrons. The molecule has 4 aliphatic heterocycles. The van der Waals surface area contributed by atoms with Crippen molar-refractivity contribution >= 4 is 46.1 Å². The van der Waals surface area contributed by atoms with Crippen LogP contribution in [0.1, 0.15) is 51.4 Å². The third kappa shape index (κ3) is 13.4. The number of carbonyl (C=O) groups is 2. The summed E-state index contributed by atoms with van der Waals surface area (Å²) < 4.78 is 36.2. The molecule has 12 heterocycles. The van der Waals surface area contributed by atoms with Crippen molar-refractivity contribution in [1.29, 1.82) is 10.5 Å². The Hall–Kier alpha value is -9.30. The van der Waals surface area contributed by atoms with Crippen LogP contribution in [0, 0.1) is 34.3 Å². The number of aliphatic hydroxyl groups is 1. The van der Waals surface area contributed by atoms with Crippen molar-refractivity contribution in [3.8, 4) is 57.4 Å². The summed E-state index contributed by atoms with van der Waals surface area (Å²) in [6.45, 7) is 9.53. The van der Waals surface area contributed by atoms with Crippen LogP contribution in [0.25, 0.3) is 56.3 Å². The summed E-state index contributed by atoms with van der Waals surface area (Å²) in [5.41, 5.74) is 4.41. The van der Waals surface area contributed by atoms with Gasteiger partial charge in [-0.3, -0.25) is 14.5 Å². The second-order valence-electron chi connectivity index (χ2n) is 22.0. The van der Waals surface area contributed by atoms with Gasteiger partial charge in [0.05, 0.1) is 53.3 Å². The first-order chi connectivity index (χ1) is 42.0. The Morgan fingerprint density at radius 3 is 1.62 bits per heavy atom. The zero-order valence-electron chi connectivity index (χ0n) is 48.0. The number of pyridine rings is 4. The van der Waals surface area contributed by atoms with E-state index in [1.807, 2.05) is 73.1 Å². The first-order valence-corrected chi connectivity index (χ1v) is 29.3. The second kappa shape index (κ2) is 27.2. The molecule has 4 aliphatic rings. The minimum Gasteiger partial charge on any atom is -0.395 e. The molecule has 8 aromatic rings. The first kappa shape index (κ1) is 58.5. The second-order valence-corrected chi connectivity index (χ2v) is 22.0. The predicted octanol–water partition coefficient (Wildman–Crippen LogP) is 6.26. The number of nitriles is 2. The van der Waals surface area contributed by atoms with Gasteiger partial charge in [-0.25, -0.2) is 47.7 Å². The van der Waals surface area contributed by atoms with Crippen molar-refractivity contribution in [2.24, 2.45) is 0 Å². The topological polar surface area (TPSA) is 257 Å². The number of halogens is 2. The number of β-amino-alcohol motifs (C(OH)–C–C–N with tert-alkyl or cyclic N) is 1. The maximum atomic E-state index is 16.4. The normalized spacial score (nSPS) is 17.9. The van der Waals surface area contributed by atoms with Gasteiger partial charge < -0.3 is 40.2 Å². The third-order valence-corrected chi connectivity index (χ3v) is 16.1. The fourth-order valence-corrected chi connectivity index (χ4v) is 11.6. The number of nitrogens with one attached hydrogen (secondary N) is 2. The van der Waals surface area contributed by atoms with Crippen LogP contribution < -0.4 is 20.4 Å². The van der Waals surface area contributed by atoms with Gasteiger partial charge in [0.15, 0.2) is 34.9 Å². The van der Waals surface area contributed by atoms with E-state index >= 15 is 8.78 Å². The van der Waals surface area contributed by atoms with E-state index in [-0.39, 0.29) is 66.4 Å². The quantitative estimate of drug-likeness (QED) is 0.108. The molecule has 8 aromatic heterocycles. The average molecular weight is 1170 g/mol. The maximum Gasteiger partial charge on any atom is 0.236 e. The molecular formula is C61H68F2N20O3. The third-order valence-electron chi connectivity index (χ3n) is 16.1. The molecule has 0 bridgehead atoms. The van der Waals surface area contributed by atoms with Crippen LogP contribution in [0.3, 0.4) is 0 Å². The molecule has 86 heavy (non-hydrogen) atoms. The molecule has 0 aromatic carbocycles. The summed E-state index contributed by atoms with van der Waals surface area (Å²) in [5.74, 6) is 0.702. The number of piperidine rings is 2. The highest BCUT2D eigenvalue weighted by Gasteiger charge is 2.30. The van der Waals surface area contributed by atoms with Crippen molar-refractivity contribution < 1.29 is 23.5 Å². The van der Waals surface area contributed by atoms with E-state index in [1.165, 1.54) is 0 Å². The molecule has 2 amide bonds. The smallest absolute Gasteiger partial charge is 0.236 e. The van der Waals surface area contributed by atoms with E-state index in [4.69, 9.17) is 20.5 Å². The van der Waals surface area contributed by atoms with Crippen molar-refractivity contribution in [1.82, 2.24) is 68.7 Å². The molecule has 3 N–H and O–H groups in total. The molecule has 0 unspecified atom stereocenters. The maximum absolute atomic E-state index is 16.4. The number of hydrogen-bond donors (Lipinski definition) is 3. The van der Waals surface area contributed by atoms with Crippen molar-refractivity contribution in [3.05, 3.63) is 109 Å². The number of aromatic nitrogens is 10. The molecular weight excluding hydrogens is 1100 g/mol. The van der Waals surface area contributed by atoms with Gasteiger partial charge in [-0.05, 0) is 107 Å². The van der Waals surface area contributed by atoms with Crippen LogP contribution in [-0.4, -0.2) is 196 Å². The monoisotopic (exact) mass is 1170 g/mol. The van der Waals surface area contributed by atoms with Gasteiger partial charge in [0.1, 0.15) is 35.9 Å². The lowest BCUT2D eigenvalue weighted by molar-refractivity contribution is -0.131. The highest BCUT2D eigenvalue weighted by atomic mass is 19.1. The Balaban J connectivity index is 0.000000179. The number of rotatable bonds is 14. The Bertz CT molecular complexity index is 3790. The lowest BCUT2D eigenvalue weighted by atomic mass is 10.0. The summed E-state index contributed by atoms with van der Waals surface area (Å²) in [4.78, 5) is 65.0. The van der Waals surface area contributed by atoms with Crippen molar-refractivity contribution in [2.75, 3.05) is 119 Å². The number of amides is 2. The van der Waals surface area contributed by atoms with E-state index in [9.17, 15) is 14.7 Å². The molecule has 0 spiro atoms. The molecule has 0 aliphatic carbocycles. The standard InChI is InChI=1S/C31H35FN10O2.C30H33FN10O/c32-28-29(22-8-10-34-26(19-22)40-13-4-11-39(15-16-40)17-18-43)37-30(24-20-35-42-14-2-1-6-25(24)42)38-31(28)36-23-5-3-12-41(21-23)27(44)7-9-33;1-38-12-5-14-39(17-16-38)25-18-21(9-11-33-25)28-27(31)30(35-22-6-4-13-40(20-22)26(42)8-10-32)37-29(36-28)23-19-34-41-15-3-2-7-24(23)41/h1-2,6,8,10,14,19-20,23,43H,3-5,7,11-13,15-18,21H2,(H,36,37,38);2-3,7,9,11,15,18-19,22H,4-6,8,12-14,16-17,20H2,1H3,(H,35,36,37)/t23-;22-/m11/s1. The predicted molar refractivity (Wildman–Crippen MR) is 320 cm³/mol. The van der Waals surface area contributed by atoms with Crippen LogP contribution in [0.15, 0.2) is 97.8 Å². The summed E-state index contributed by atoms with van der Waals surface area (Å²) >= 11 is 0. The Morgan fingerprint density at radius 1 is 0.616 bits per heavy atom. The molecule has 2 atom stereocenters. The lowest BCUT2D eigenvalue weighted by Gasteiger charge is -2.33. The van der Waals surface area contributed by atoms with Gasteiger partial charge in [-0.1, -0.05) is 12.1 Å². The van der Waals surface area contributed by atoms with Gasteiger partial charge in [0.25, 0.3) is 0 Å². The Labute approximate surface area is 496 Å². The van der Waals surface area contributed by atoms with Crippen LogP contribution in [0.4, 0.5) is 32.1 Å². The van der Waals surface area contributed by atoms with E-state index in [0.29, 0.717) is 66.6 Å². The van der Waals surface area contributed by atoms with E-state index in [1.54, 1.807) is 55.8 Å². The number of anilines is 4. The van der Waals surface area contributed by atoms with Crippen LogP contribution in [-0.2, 0) is 9.59 Å². The lowest BCUT2D eigenvalue weighted by Crippen LogP contribution is -2.45. The Kier molecular flexibility index (Phi) is 18.5. The molecule has 25 heteroatoms. The van der Waals surface area contributed by atoms with Gasteiger partial charge in [0, 0.05) is 120 Å². The van der Waals surface area contributed by atoms with Gasteiger partial charge in [-0.15, -0.1) is 0 Å². The van der Waals surface area contributed by atoms with Crippen LogP contribution in [0.5, 0.6) is 0 Å². The van der Waals surface area contributed by atoms with Crippen LogP contribution in [0.2, 0.25) is 0 Å². The Morgan fingerprint density at radius 2 is 1.12 bits per heavy atom. The SMILES string of the molecule is CN1CCCN(c2cc(-c3nc(-c4cnn5ccccc45)nc(N[C@@H]4CCCN(C(=O)CC#N)C4)c3F)ccn2)CC1.N#CCC(=O)N1CCC[C@@H](Nc2nc(-c3cnn4ccccc34)nc(-c3ccnc(N4CCCN(CCO)CC4)c3)c2F)C1. The molecule has 12 rings (SSSR count). The number of fused-ring (bicyclic) bond motifs is 2. The fourth-order valence-electron chi connectivity index (χ4n) is 11.6. The summed E-state index contributed by atoms with van der Waals surface area (Å²) in [6.07, 6.45) is 14.9. The zero-order valence-corrected chi connectivity index (χ0v) is 48.0. The van der Waals surface area contributed by atoms with E-state index in [0.717, 1.165) is 114 Å². The number of nitrogens with zero attached hydrogens (tertiary/aromatic N) is 18. The summed E-state index contributed by atoms with van der Waals surface area (Å²) in [6, 6.07) is 22.0. The van der Waals surface area contributed by atoms with Gasteiger partial charge >= 0.3 is 0 Å². The van der Waals surface area contributed by atoms with Crippen molar-refractivity contribution in [2.45, 2.75) is 63.5 Å². The summed E-state index contributed by atoms with van der Waals surface area (Å²) in [7, 11) is 2.12. The number of likely N-dealkylation sites (tertiary alicyclic amines) is 2. The van der Waals surface area contributed by atoms with Crippen LogP contribution >= 0.6 is 0 Å². The average Bonchev–Trinajstić information content (AvgIpc) is 3.82. The first-order valence-electron chi connectivity index (χ1n) is 29.3. The zero-order chi connectivity index (χ0) is 59.5. The molecule has 4 saturated heterocycles. The fraction of sp³-hybridized carbons (Fsp3) is 0.410. The number of hydrogen-bond acceptors (Lipinski definition) is 19. The van der Waals surface area contributed by atoms with Gasteiger partial charge in [-0.2, -0.15) is 20.7 Å². The summed E-state index contributed by atoms with van der Waals surface area (Å²) in [5, 5.41) is 42.7. The van der Waals surface area contributed by atoms with E-state index < -0.39 is 11.6 Å². The molecule has 0 saturated carbocycles. The molecule has 444 valence electrons. The number of carbonyl (C=O) groups excluding carboxylic acids is 2. The number of likely N-dealkylation sites (N-methyl/N-ethyl adjacent to an activating group) is 1. The minimum atomic E-state index is -0.590. The molecule has 23 nitrogen and oxygen atoms in total. The highest BCUT2D eigenvalue weighted by molar-refractivity contribution is 5.81. The largest absolute Gasteiger partial charge is 0.395 e. The van der Waals surface area contributed by atoms with Crippen molar-refractivity contribution in [3.63, 3.8) is 0 Å². The van der Waals surface area contributed by atoms with Gasteiger partial charge in [0.2, 0.25) is 11.8 Å². The minimum absolute atomic E-state index is 0.0487. The molecule has 4 fully saturated rings. The highest BCUT2D eigenvalue weighted by Crippen LogP contribution is 2.35. The number of aliphatic hydroxyl groups excluding tert-OH is 1. The van der Waals surface area contributed by atoms with E-state index in [2.05, 4.69) is 67.4 Å².